The first-order valence-corrected chi connectivity index (χ1v) is 6.31. The summed E-state index contributed by atoms with van der Waals surface area (Å²) in [7, 11) is 0. The van der Waals surface area contributed by atoms with Crippen LogP contribution in [-0.2, 0) is 6.54 Å². The summed E-state index contributed by atoms with van der Waals surface area (Å²) in [6.07, 6.45) is -0.443. The Kier molecular flexibility index (Phi) is 5.32. The summed E-state index contributed by atoms with van der Waals surface area (Å²) < 4.78 is 0. The fourth-order valence-corrected chi connectivity index (χ4v) is 2.21. The SMILES string of the molecule is CC(CC(C)(C)N(Cc1ccccc1)C(=O)O)NO. The smallest absolute Gasteiger partial charge is 0.408 e. The summed E-state index contributed by atoms with van der Waals surface area (Å²) in [5.41, 5.74) is 2.53. The monoisotopic (exact) mass is 266 g/mol. The predicted octanol–water partition coefficient (Wildman–Crippen LogP) is 2.70. The van der Waals surface area contributed by atoms with E-state index in [4.69, 9.17) is 5.21 Å². The van der Waals surface area contributed by atoms with E-state index in [1.807, 2.05) is 51.1 Å². The average Bonchev–Trinajstić information content (AvgIpc) is 2.36. The summed E-state index contributed by atoms with van der Waals surface area (Å²) in [5, 5.41) is 18.3. The molecule has 1 amide bonds. The number of hydroxylamine groups is 1. The molecule has 1 atom stereocenters. The van der Waals surface area contributed by atoms with Gasteiger partial charge in [0, 0.05) is 18.1 Å². The van der Waals surface area contributed by atoms with E-state index in [0.717, 1.165) is 5.56 Å². The lowest BCUT2D eigenvalue weighted by Gasteiger charge is -2.38. The zero-order valence-corrected chi connectivity index (χ0v) is 11.6. The van der Waals surface area contributed by atoms with Crippen molar-refractivity contribution in [3.63, 3.8) is 0 Å². The van der Waals surface area contributed by atoms with Crippen LogP contribution >= 0.6 is 0 Å². The van der Waals surface area contributed by atoms with Crippen LogP contribution in [0.3, 0.4) is 0 Å². The molecule has 1 rings (SSSR count). The van der Waals surface area contributed by atoms with Crippen molar-refractivity contribution >= 4 is 6.09 Å². The van der Waals surface area contributed by atoms with E-state index in [9.17, 15) is 9.90 Å². The van der Waals surface area contributed by atoms with E-state index in [-0.39, 0.29) is 6.04 Å². The lowest BCUT2D eigenvalue weighted by Crippen LogP contribution is -2.49. The molecule has 0 spiro atoms. The van der Waals surface area contributed by atoms with Gasteiger partial charge in [-0.1, -0.05) is 30.3 Å². The number of nitrogens with one attached hydrogen (secondary N) is 1. The maximum absolute atomic E-state index is 11.5. The maximum atomic E-state index is 11.5. The molecule has 1 aromatic rings. The quantitative estimate of drug-likeness (QED) is 0.692. The molecule has 0 aromatic heterocycles. The van der Waals surface area contributed by atoms with Crippen LogP contribution in [0.25, 0.3) is 0 Å². The molecule has 19 heavy (non-hydrogen) atoms. The van der Waals surface area contributed by atoms with Crippen LogP contribution < -0.4 is 5.48 Å². The predicted molar refractivity (Wildman–Crippen MR) is 73.1 cm³/mol. The molecule has 5 heteroatoms. The molecule has 5 nitrogen and oxygen atoms in total. The highest BCUT2D eigenvalue weighted by Gasteiger charge is 2.32. The molecule has 0 saturated heterocycles. The highest BCUT2D eigenvalue weighted by Crippen LogP contribution is 2.23. The topological polar surface area (TPSA) is 72.8 Å². The van der Waals surface area contributed by atoms with Gasteiger partial charge in [-0.15, -0.1) is 0 Å². The van der Waals surface area contributed by atoms with E-state index in [2.05, 4.69) is 5.48 Å². The number of carbonyl (C=O) groups is 1. The van der Waals surface area contributed by atoms with Crippen LogP contribution in [0.2, 0.25) is 0 Å². The Bertz CT molecular complexity index is 406. The zero-order valence-electron chi connectivity index (χ0n) is 11.6. The largest absolute Gasteiger partial charge is 0.465 e. The Morgan fingerprint density at radius 3 is 2.42 bits per heavy atom. The molecule has 0 aliphatic carbocycles. The Morgan fingerprint density at radius 1 is 1.37 bits per heavy atom. The number of benzene rings is 1. The number of rotatable bonds is 6. The summed E-state index contributed by atoms with van der Waals surface area (Å²) in [6, 6.07) is 9.31. The maximum Gasteiger partial charge on any atom is 0.408 e. The number of amides is 1. The van der Waals surface area contributed by atoms with Gasteiger partial charge in [-0.3, -0.25) is 4.90 Å². The molecule has 1 aromatic carbocycles. The van der Waals surface area contributed by atoms with Gasteiger partial charge in [-0.05, 0) is 32.8 Å². The third-order valence-electron chi connectivity index (χ3n) is 3.17. The minimum atomic E-state index is -0.959. The van der Waals surface area contributed by atoms with Gasteiger partial charge in [-0.2, -0.15) is 0 Å². The molecule has 3 N–H and O–H groups in total. The number of hydrogen-bond donors (Lipinski definition) is 3. The number of hydrogen-bond acceptors (Lipinski definition) is 3. The minimum absolute atomic E-state index is 0.173. The van der Waals surface area contributed by atoms with Gasteiger partial charge >= 0.3 is 6.09 Å². The molecule has 0 aliphatic heterocycles. The highest BCUT2D eigenvalue weighted by atomic mass is 16.5. The van der Waals surface area contributed by atoms with Crippen LogP contribution in [0.5, 0.6) is 0 Å². The van der Waals surface area contributed by atoms with E-state index >= 15 is 0 Å². The van der Waals surface area contributed by atoms with Gasteiger partial charge in [0.05, 0.1) is 0 Å². The zero-order chi connectivity index (χ0) is 14.5. The molecule has 0 aliphatic rings. The van der Waals surface area contributed by atoms with Crippen LogP contribution in [0.4, 0.5) is 4.79 Å². The van der Waals surface area contributed by atoms with Crippen molar-refractivity contribution in [2.24, 2.45) is 0 Å². The Hall–Kier alpha value is -1.59. The Labute approximate surface area is 113 Å². The Morgan fingerprint density at radius 2 is 1.95 bits per heavy atom. The van der Waals surface area contributed by atoms with Crippen LogP contribution in [0.1, 0.15) is 32.8 Å². The standard InChI is InChI=1S/C14H22N2O3/c1-11(15-19)9-14(2,3)16(13(17)18)10-12-7-5-4-6-8-12/h4-8,11,15,19H,9-10H2,1-3H3,(H,17,18). The fourth-order valence-electron chi connectivity index (χ4n) is 2.21. The number of nitrogens with zero attached hydrogens (tertiary/aromatic N) is 1. The van der Waals surface area contributed by atoms with E-state index < -0.39 is 11.6 Å². The molecule has 1 unspecified atom stereocenters. The van der Waals surface area contributed by atoms with Crippen molar-refractivity contribution in [1.82, 2.24) is 10.4 Å². The molecule has 106 valence electrons. The molecular formula is C14H22N2O3. The number of carboxylic acid groups (broad SMARTS) is 1. The third kappa shape index (κ3) is 4.54. The first-order chi connectivity index (χ1) is 8.86. The molecule has 0 bridgehead atoms. The second-order valence-corrected chi connectivity index (χ2v) is 5.40. The van der Waals surface area contributed by atoms with Gasteiger partial charge < -0.3 is 10.3 Å². The second-order valence-electron chi connectivity index (χ2n) is 5.40. The van der Waals surface area contributed by atoms with E-state index in [0.29, 0.717) is 13.0 Å². The molecule has 0 radical (unpaired) electrons. The first-order valence-electron chi connectivity index (χ1n) is 6.31. The van der Waals surface area contributed by atoms with Crippen LogP contribution in [-0.4, -0.2) is 32.9 Å². The van der Waals surface area contributed by atoms with Crippen LogP contribution in [0.15, 0.2) is 30.3 Å². The van der Waals surface area contributed by atoms with Gasteiger partial charge in [-0.25, -0.2) is 10.3 Å². The fraction of sp³-hybridized carbons (Fsp3) is 0.500. The average molecular weight is 266 g/mol. The van der Waals surface area contributed by atoms with E-state index in [1.165, 1.54) is 4.90 Å². The minimum Gasteiger partial charge on any atom is -0.465 e. The van der Waals surface area contributed by atoms with Crippen molar-refractivity contribution in [3.05, 3.63) is 35.9 Å². The highest BCUT2D eigenvalue weighted by molar-refractivity contribution is 5.66. The normalized spacial score (nSPS) is 13.1. The summed E-state index contributed by atoms with van der Waals surface area (Å²) in [4.78, 5) is 12.9. The molecular weight excluding hydrogens is 244 g/mol. The van der Waals surface area contributed by atoms with Gasteiger partial charge in [0.15, 0.2) is 0 Å². The summed E-state index contributed by atoms with van der Waals surface area (Å²) >= 11 is 0. The molecule has 0 heterocycles. The van der Waals surface area contributed by atoms with Crippen molar-refractivity contribution in [3.8, 4) is 0 Å². The van der Waals surface area contributed by atoms with Gasteiger partial charge in [0.2, 0.25) is 0 Å². The molecule has 0 fully saturated rings. The van der Waals surface area contributed by atoms with Gasteiger partial charge in [0.25, 0.3) is 0 Å². The van der Waals surface area contributed by atoms with Crippen molar-refractivity contribution in [2.75, 3.05) is 0 Å². The van der Waals surface area contributed by atoms with Crippen molar-refractivity contribution < 1.29 is 15.1 Å². The Balaban J connectivity index is 2.85. The van der Waals surface area contributed by atoms with Crippen molar-refractivity contribution in [1.29, 1.82) is 0 Å². The molecule has 0 saturated carbocycles. The summed E-state index contributed by atoms with van der Waals surface area (Å²) in [5.74, 6) is 0. The lowest BCUT2D eigenvalue weighted by molar-refractivity contribution is 0.0567. The second kappa shape index (κ2) is 6.54. The van der Waals surface area contributed by atoms with Crippen LogP contribution in [0, 0.1) is 0 Å². The third-order valence-corrected chi connectivity index (χ3v) is 3.17. The summed E-state index contributed by atoms with van der Waals surface area (Å²) in [6.45, 7) is 5.86. The van der Waals surface area contributed by atoms with Crippen molar-refractivity contribution in [2.45, 2.75) is 45.3 Å². The van der Waals surface area contributed by atoms with E-state index in [1.54, 1.807) is 0 Å². The van der Waals surface area contributed by atoms with Gasteiger partial charge in [0.1, 0.15) is 0 Å². The lowest BCUT2D eigenvalue weighted by atomic mass is 9.93. The first kappa shape index (κ1) is 15.5.